The number of aryl methyl sites for hydroxylation is 2. The van der Waals surface area contributed by atoms with Crippen LogP contribution in [0.4, 0.5) is 5.69 Å². The van der Waals surface area contributed by atoms with E-state index in [0.29, 0.717) is 28.3 Å². The SMILES string of the molecule is Cc1cccc(N2C(=O)/C(=C/c3cc(C)n(-c4cc(C(=O)O)cc(C(=O)O)c4)c3C)C(=O)NC2=S)c1C. The van der Waals surface area contributed by atoms with E-state index < -0.39 is 23.8 Å². The summed E-state index contributed by atoms with van der Waals surface area (Å²) in [6.07, 6.45) is 1.45. The molecule has 0 radical (unpaired) electrons. The molecule has 2 heterocycles. The number of carbonyl (C=O) groups is 4. The van der Waals surface area contributed by atoms with Crippen LogP contribution in [0.25, 0.3) is 11.8 Å². The third-order valence-electron chi connectivity index (χ3n) is 6.36. The summed E-state index contributed by atoms with van der Waals surface area (Å²) >= 11 is 5.31. The summed E-state index contributed by atoms with van der Waals surface area (Å²) in [6.45, 7) is 7.26. The third-order valence-corrected chi connectivity index (χ3v) is 6.64. The topological polar surface area (TPSA) is 129 Å². The molecule has 37 heavy (non-hydrogen) atoms. The Morgan fingerprint density at radius 1 is 0.946 bits per heavy atom. The van der Waals surface area contributed by atoms with Crippen LogP contribution in [-0.4, -0.2) is 43.6 Å². The summed E-state index contributed by atoms with van der Waals surface area (Å²) in [4.78, 5) is 50.8. The van der Waals surface area contributed by atoms with Crippen molar-refractivity contribution in [2.24, 2.45) is 0 Å². The summed E-state index contributed by atoms with van der Waals surface area (Å²) in [5, 5.41) is 21.5. The smallest absolute Gasteiger partial charge is 0.335 e. The Hall–Kier alpha value is -4.57. The zero-order valence-electron chi connectivity index (χ0n) is 20.4. The molecule has 188 valence electrons. The number of thiocarbonyl (C=S) groups is 1. The van der Waals surface area contributed by atoms with Gasteiger partial charge in [0.25, 0.3) is 11.8 Å². The number of rotatable bonds is 5. The fourth-order valence-electron chi connectivity index (χ4n) is 4.33. The van der Waals surface area contributed by atoms with Gasteiger partial charge in [-0.2, -0.15) is 0 Å². The third kappa shape index (κ3) is 4.54. The second kappa shape index (κ2) is 9.47. The monoisotopic (exact) mass is 517 g/mol. The molecule has 4 rings (SSSR count). The summed E-state index contributed by atoms with van der Waals surface area (Å²) in [5.74, 6) is -3.74. The lowest BCUT2D eigenvalue weighted by atomic mass is 10.0. The molecule has 3 aromatic rings. The van der Waals surface area contributed by atoms with Gasteiger partial charge >= 0.3 is 11.9 Å². The zero-order valence-corrected chi connectivity index (χ0v) is 21.3. The molecule has 0 unspecified atom stereocenters. The highest BCUT2D eigenvalue weighted by molar-refractivity contribution is 7.80. The van der Waals surface area contributed by atoms with Gasteiger partial charge in [-0.15, -0.1) is 0 Å². The first-order valence-electron chi connectivity index (χ1n) is 11.2. The second-order valence-corrected chi connectivity index (χ2v) is 9.10. The fraction of sp³-hybridized carbons (Fsp3) is 0.148. The Kier molecular flexibility index (Phi) is 6.53. The van der Waals surface area contributed by atoms with Crippen molar-refractivity contribution in [2.45, 2.75) is 27.7 Å². The van der Waals surface area contributed by atoms with Crippen LogP contribution < -0.4 is 10.2 Å². The maximum Gasteiger partial charge on any atom is 0.335 e. The van der Waals surface area contributed by atoms with Gasteiger partial charge in [-0.05, 0) is 93.0 Å². The first-order valence-corrected chi connectivity index (χ1v) is 11.6. The van der Waals surface area contributed by atoms with E-state index in [1.54, 1.807) is 36.6 Å². The quantitative estimate of drug-likeness (QED) is 0.266. The number of nitrogens with one attached hydrogen (secondary N) is 1. The maximum atomic E-state index is 13.5. The average molecular weight is 518 g/mol. The van der Waals surface area contributed by atoms with Crippen molar-refractivity contribution in [1.29, 1.82) is 0 Å². The molecule has 1 aromatic heterocycles. The molecule has 0 saturated carbocycles. The summed E-state index contributed by atoms with van der Waals surface area (Å²) in [7, 11) is 0. The minimum Gasteiger partial charge on any atom is -0.478 e. The van der Waals surface area contributed by atoms with E-state index in [1.165, 1.54) is 23.1 Å². The fourth-order valence-corrected chi connectivity index (χ4v) is 4.60. The van der Waals surface area contributed by atoms with Gasteiger partial charge in [0.1, 0.15) is 5.57 Å². The molecule has 2 amide bonds. The van der Waals surface area contributed by atoms with Crippen LogP contribution in [0, 0.1) is 27.7 Å². The number of nitrogens with zero attached hydrogens (tertiary/aromatic N) is 2. The van der Waals surface area contributed by atoms with Crippen LogP contribution in [0.5, 0.6) is 0 Å². The molecule has 9 nitrogen and oxygen atoms in total. The average Bonchev–Trinajstić information content (AvgIpc) is 3.11. The van der Waals surface area contributed by atoms with Gasteiger partial charge in [0.05, 0.1) is 16.8 Å². The van der Waals surface area contributed by atoms with Crippen LogP contribution in [0.2, 0.25) is 0 Å². The van der Waals surface area contributed by atoms with Crippen LogP contribution in [0.3, 0.4) is 0 Å². The van der Waals surface area contributed by atoms with E-state index in [9.17, 15) is 29.4 Å². The Bertz CT molecular complexity index is 1530. The normalized spacial score (nSPS) is 14.8. The van der Waals surface area contributed by atoms with Gasteiger partial charge in [-0.1, -0.05) is 12.1 Å². The lowest BCUT2D eigenvalue weighted by Gasteiger charge is -2.30. The highest BCUT2D eigenvalue weighted by Crippen LogP contribution is 2.29. The van der Waals surface area contributed by atoms with E-state index in [1.807, 2.05) is 19.9 Å². The van der Waals surface area contributed by atoms with Crippen LogP contribution in [0.15, 0.2) is 48.0 Å². The molecule has 0 aliphatic carbocycles. The van der Waals surface area contributed by atoms with Crippen molar-refractivity contribution in [1.82, 2.24) is 9.88 Å². The van der Waals surface area contributed by atoms with E-state index >= 15 is 0 Å². The van der Waals surface area contributed by atoms with Crippen LogP contribution >= 0.6 is 12.2 Å². The molecule has 1 fully saturated rings. The molecular formula is C27H23N3O6S. The predicted molar refractivity (Wildman–Crippen MR) is 141 cm³/mol. The highest BCUT2D eigenvalue weighted by Gasteiger charge is 2.35. The van der Waals surface area contributed by atoms with Crippen molar-refractivity contribution in [3.05, 3.63) is 87.2 Å². The van der Waals surface area contributed by atoms with Gasteiger partial charge < -0.3 is 14.8 Å². The van der Waals surface area contributed by atoms with Crippen molar-refractivity contribution >= 4 is 52.8 Å². The molecule has 1 aliphatic heterocycles. The lowest BCUT2D eigenvalue weighted by Crippen LogP contribution is -2.54. The summed E-state index contributed by atoms with van der Waals surface area (Å²) < 4.78 is 1.67. The maximum absolute atomic E-state index is 13.5. The Morgan fingerprint density at radius 3 is 2.16 bits per heavy atom. The number of anilines is 1. The zero-order chi connectivity index (χ0) is 27.2. The molecule has 10 heteroatoms. The van der Waals surface area contributed by atoms with Gasteiger partial charge in [0.15, 0.2) is 5.11 Å². The standard InChI is InChI=1S/C27H23N3O6S/c1-13-6-5-7-22(15(13)3)30-24(32)21(23(31)28-27(30)37)12-17-8-14(2)29(16(17)4)20-10-18(25(33)34)9-19(11-20)26(35)36/h5-12H,1-4H3,(H,33,34)(H,35,36)(H,28,31,37)/b21-12+. The molecule has 0 bridgehead atoms. The van der Waals surface area contributed by atoms with Crippen molar-refractivity contribution in [2.75, 3.05) is 4.90 Å². The minimum atomic E-state index is -1.26. The highest BCUT2D eigenvalue weighted by atomic mass is 32.1. The number of carbonyl (C=O) groups excluding carboxylic acids is 2. The number of hydrogen-bond donors (Lipinski definition) is 3. The van der Waals surface area contributed by atoms with Gasteiger partial charge in [-0.25, -0.2) is 9.59 Å². The summed E-state index contributed by atoms with van der Waals surface area (Å²) in [6, 6.07) is 11.0. The van der Waals surface area contributed by atoms with Crippen LogP contribution in [0.1, 0.15) is 48.8 Å². The predicted octanol–water partition coefficient (Wildman–Crippen LogP) is 3.94. The number of aromatic nitrogens is 1. The Labute approximate surface area is 217 Å². The van der Waals surface area contributed by atoms with Crippen molar-refractivity contribution in [3.63, 3.8) is 0 Å². The molecule has 0 spiro atoms. The molecular weight excluding hydrogens is 494 g/mol. The first-order chi connectivity index (χ1) is 17.4. The molecule has 1 aliphatic rings. The van der Waals surface area contributed by atoms with Gasteiger partial charge in [-0.3, -0.25) is 19.8 Å². The first kappa shape index (κ1) is 25.5. The number of amides is 2. The molecule has 1 saturated heterocycles. The summed E-state index contributed by atoms with van der Waals surface area (Å²) in [5.41, 5.74) is 3.98. The number of hydrogen-bond acceptors (Lipinski definition) is 5. The molecule has 0 atom stereocenters. The molecule has 2 aromatic carbocycles. The number of carboxylic acids is 2. The second-order valence-electron chi connectivity index (χ2n) is 8.72. The van der Waals surface area contributed by atoms with E-state index in [0.717, 1.165) is 17.2 Å². The van der Waals surface area contributed by atoms with E-state index in [-0.39, 0.29) is 21.8 Å². The van der Waals surface area contributed by atoms with Crippen molar-refractivity contribution < 1.29 is 29.4 Å². The van der Waals surface area contributed by atoms with Crippen molar-refractivity contribution in [3.8, 4) is 5.69 Å². The Morgan fingerprint density at radius 2 is 1.57 bits per heavy atom. The molecule has 3 N–H and O–H groups in total. The Balaban J connectivity index is 1.82. The van der Waals surface area contributed by atoms with Crippen LogP contribution in [-0.2, 0) is 9.59 Å². The van der Waals surface area contributed by atoms with Gasteiger partial charge in [0, 0.05) is 17.1 Å². The van der Waals surface area contributed by atoms with E-state index in [2.05, 4.69) is 5.32 Å². The van der Waals surface area contributed by atoms with Gasteiger partial charge in [0.2, 0.25) is 0 Å². The number of carboxylic acid groups (broad SMARTS) is 2. The number of benzene rings is 2. The lowest BCUT2D eigenvalue weighted by molar-refractivity contribution is -0.122. The van der Waals surface area contributed by atoms with E-state index in [4.69, 9.17) is 12.2 Å². The number of aromatic carboxylic acids is 2. The minimum absolute atomic E-state index is 0.0157. The largest absolute Gasteiger partial charge is 0.478 e.